The lowest BCUT2D eigenvalue weighted by molar-refractivity contribution is 0.104. The highest BCUT2D eigenvalue weighted by Gasteiger charge is 2.03. The molecule has 0 aliphatic rings. The molecule has 1 rings (SSSR count). The monoisotopic (exact) mass is 189 g/mol. The van der Waals surface area contributed by atoms with Crippen molar-refractivity contribution >= 4 is 5.78 Å². The van der Waals surface area contributed by atoms with Gasteiger partial charge in [0.1, 0.15) is 0 Å². The summed E-state index contributed by atoms with van der Waals surface area (Å²) in [6.45, 7) is 1.94. The molecule has 1 aromatic rings. The van der Waals surface area contributed by atoms with E-state index in [4.69, 9.17) is 0 Å². The molecule has 0 atom stereocenters. The van der Waals surface area contributed by atoms with Gasteiger partial charge in [-0.1, -0.05) is 24.3 Å². The maximum Gasteiger partial charge on any atom is 0.187 e. The van der Waals surface area contributed by atoms with Crippen molar-refractivity contribution in [3.05, 3.63) is 47.7 Å². The van der Waals surface area contributed by atoms with E-state index in [0.29, 0.717) is 0 Å². The summed E-state index contributed by atoms with van der Waals surface area (Å²) in [6.07, 6.45) is 3.34. The van der Waals surface area contributed by atoms with Crippen LogP contribution >= 0.6 is 0 Å². The predicted molar refractivity (Wildman–Crippen MR) is 58.3 cm³/mol. The molecule has 2 nitrogen and oxygen atoms in total. The van der Waals surface area contributed by atoms with Crippen molar-refractivity contribution in [3.63, 3.8) is 0 Å². The summed E-state index contributed by atoms with van der Waals surface area (Å²) in [5, 5.41) is 0. The third kappa shape index (κ3) is 2.73. The van der Waals surface area contributed by atoms with E-state index in [1.165, 1.54) is 0 Å². The highest BCUT2D eigenvalue weighted by Crippen LogP contribution is 2.08. The molecule has 0 saturated carbocycles. The lowest BCUT2D eigenvalue weighted by Crippen LogP contribution is -2.03. The minimum atomic E-state index is 0.0526. The first-order valence-electron chi connectivity index (χ1n) is 4.56. The lowest BCUT2D eigenvalue weighted by atomic mass is 10.1. The first kappa shape index (κ1) is 10.5. The van der Waals surface area contributed by atoms with Crippen molar-refractivity contribution in [2.45, 2.75) is 6.92 Å². The average molecular weight is 189 g/mol. The Hall–Kier alpha value is -1.57. The number of allylic oxidation sites excluding steroid dienone is 1. The highest BCUT2D eigenvalue weighted by molar-refractivity contribution is 6.05. The van der Waals surface area contributed by atoms with Crippen molar-refractivity contribution in [3.8, 4) is 0 Å². The molecule has 0 saturated heterocycles. The molecule has 2 heteroatoms. The Morgan fingerprint density at radius 2 is 1.93 bits per heavy atom. The van der Waals surface area contributed by atoms with Crippen molar-refractivity contribution in [1.29, 1.82) is 0 Å². The van der Waals surface area contributed by atoms with Crippen LogP contribution in [0.5, 0.6) is 0 Å². The molecule has 0 aliphatic carbocycles. The standard InChI is InChI=1S/C12H15NO/c1-10-6-4-5-7-11(10)12(14)8-9-13(2)3/h4-9H,1-3H3. The second-order valence-electron chi connectivity index (χ2n) is 3.46. The Balaban J connectivity index is 2.85. The van der Waals surface area contributed by atoms with E-state index in [1.807, 2.05) is 50.2 Å². The number of hydrogen-bond acceptors (Lipinski definition) is 2. The number of carbonyl (C=O) groups excluding carboxylic acids is 1. The van der Waals surface area contributed by atoms with Gasteiger partial charge in [-0.15, -0.1) is 0 Å². The number of hydrogen-bond donors (Lipinski definition) is 0. The van der Waals surface area contributed by atoms with Crippen LogP contribution in [0.2, 0.25) is 0 Å². The molecule has 0 bridgehead atoms. The molecule has 0 aliphatic heterocycles. The summed E-state index contributed by atoms with van der Waals surface area (Å²) in [4.78, 5) is 13.5. The van der Waals surface area contributed by atoms with Crippen LogP contribution in [0.3, 0.4) is 0 Å². The molecule has 0 heterocycles. The summed E-state index contributed by atoms with van der Waals surface area (Å²) in [5.74, 6) is 0.0526. The molecule has 0 aromatic heterocycles. The van der Waals surface area contributed by atoms with E-state index in [9.17, 15) is 4.79 Å². The van der Waals surface area contributed by atoms with E-state index in [0.717, 1.165) is 11.1 Å². The normalized spacial score (nSPS) is 10.5. The largest absolute Gasteiger partial charge is 0.383 e. The second kappa shape index (κ2) is 4.61. The van der Waals surface area contributed by atoms with Crippen LogP contribution in [0.1, 0.15) is 15.9 Å². The summed E-state index contributed by atoms with van der Waals surface area (Å²) in [6, 6.07) is 7.60. The quantitative estimate of drug-likeness (QED) is 0.537. The Morgan fingerprint density at radius 3 is 2.50 bits per heavy atom. The predicted octanol–water partition coefficient (Wildman–Crippen LogP) is 2.25. The van der Waals surface area contributed by atoms with Gasteiger partial charge in [0, 0.05) is 31.9 Å². The molecular weight excluding hydrogens is 174 g/mol. The summed E-state index contributed by atoms with van der Waals surface area (Å²) in [7, 11) is 3.78. The molecule has 0 amide bonds. The maximum absolute atomic E-state index is 11.7. The van der Waals surface area contributed by atoms with Gasteiger partial charge in [-0.25, -0.2) is 0 Å². The van der Waals surface area contributed by atoms with Crippen LogP contribution in [-0.4, -0.2) is 24.8 Å². The van der Waals surface area contributed by atoms with Crippen molar-refractivity contribution in [2.75, 3.05) is 14.1 Å². The average Bonchev–Trinajstić information content (AvgIpc) is 2.15. The van der Waals surface area contributed by atoms with E-state index >= 15 is 0 Å². The summed E-state index contributed by atoms with van der Waals surface area (Å²) in [5.41, 5.74) is 1.78. The highest BCUT2D eigenvalue weighted by atomic mass is 16.1. The second-order valence-corrected chi connectivity index (χ2v) is 3.46. The smallest absolute Gasteiger partial charge is 0.187 e. The number of aryl methyl sites for hydroxylation is 1. The third-order valence-corrected chi connectivity index (χ3v) is 1.93. The van der Waals surface area contributed by atoms with Gasteiger partial charge in [-0.2, -0.15) is 0 Å². The zero-order valence-corrected chi connectivity index (χ0v) is 8.82. The first-order valence-corrected chi connectivity index (χ1v) is 4.56. The van der Waals surface area contributed by atoms with Gasteiger partial charge in [0.25, 0.3) is 0 Å². The van der Waals surface area contributed by atoms with Gasteiger partial charge >= 0.3 is 0 Å². The number of rotatable bonds is 3. The third-order valence-electron chi connectivity index (χ3n) is 1.93. The molecule has 0 fully saturated rings. The topological polar surface area (TPSA) is 20.3 Å². The fourth-order valence-corrected chi connectivity index (χ4v) is 1.16. The van der Waals surface area contributed by atoms with E-state index in [1.54, 1.807) is 12.3 Å². The fourth-order valence-electron chi connectivity index (χ4n) is 1.16. The molecule has 0 unspecified atom stereocenters. The Morgan fingerprint density at radius 1 is 1.29 bits per heavy atom. The van der Waals surface area contributed by atoms with Gasteiger partial charge in [-0.3, -0.25) is 4.79 Å². The van der Waals surface area contributed by atoms with E-state index < -0.39 is 0 Å². The Bertz CT molecular complexity index is 353. The number of benzene rings is 1. The molecular formula is C12H15NO. The van der Waals surface area contributed by atoms with Crippen LogP contribution in [-0.2, 0) is 0 Å². The van der Waals surface area contributed by atoms with Crippen molar-refractivity contribution in [1.82, 2.24) is 4.90 Å². The van der Waals surface area contributed by atoms with Crippen molar-refractivity contribution < 1.29 is 4.79 Å². The van der Waals surface area contributed by atoms with E-state index in [2.05, 4.69) is 0 Å². The maximum atomic E-state index is 11.7. The molecule has 0 spiro atoms. The molecule has 14 heavy (non-hydrogen) atoms. The number of ketones is 1. The summed E-state index contributed by atoms with van der Waals surface area (Å²) >= 11 is 0. The Labute approximate surface area is 84.9 Å². The van der Waals surface area contributed by atoms with Crippen LogP contribution in [0.4, 0.5) is 0 Å². The number of nitrogens with zero attached hydrogens (tertiary/aromatic N) is 1. The SMILES string of the molecule is Cc1ccccc1C(=O)C=CN(C)C. The van der Waals surface area contributed by atoms with Gasteiger partial charge in [0.2, 0.25) is 0 Å². The first-order chi connectivity index (χ1) is 6.61. The van der Waals surface area contributed by atoms with Gasteiger partial charge < -0.3 is 4.90 Å². The van der Waals surface area contributed by atoms with Crippen LogP contribution in [0, 0.1) is 6.92 Å². The van der Waals surface area contributed by atoms with Gasteiger partial charge in [-0.05, 0) is 12.5 Å². The molecule has 0 N–H and O–H groups in total. The van der Waals surface area contributed by atoms with Crippen molar-refractivity contribution in [2.24, 2.45) is 0 Å². The number of carbonyl (C=O) groups is 1. The minimum Gasteiger partial charge on any atom is -0.383 e. The molecule has 1 aromatic carbocycles. The van der Waals surface area contributed by atoms with Crippen LogP contribution in [0.25, 0.3) is 0 Å². The van der Waals surface area contributed by atoms with Gasteiger partial charge in [0.15, 0.2) is 5.78 Å². The fraction of sp³-hybridized carbons (Fsp3) is 0.250. The van der Waals surface area contributed by atoms with Gasteiger partial charge in [0.05, 0.1) is 0 Å². The zero-order chi connectivity index (χ0) is 10.6. The summed E-state index contributed by atoms with van der Waals surface area (Å²) < 4.78 is 0. The van der Waals surface area contributed by atoms with Crippen LogP contribution < -0.4 is 0 Å². The molecule has 0 radical (unpaired) electrons. The lowest BCUT2D eigenvalue weighted by Gasteiger charge is -2.04. The van der Waals surface area contributed by atoms with E-state index in [-0.39, 0.29) is 5.78 Å². The minimum absolute atomic E-state index is 0.0526. The molecule has 74 valence electrons. The van der Waals surface area contributed by atoms with Crippen LogP contribution in [0.15, 0.2) is 36.5 Å². The zero-order valence-electron chi connectivity index (χ0n) is 8.82. The Kier molecular flexibility index (Phi) is 3.46.